The first kappa shape index (κ1) is 26.8. The second-order valence-corrected chi connectivity index (χ2v) is 10.1. The van der Waals surface area contributed by atoms with E-state index in [4.69, 9.17) is 4.74 Å². The second-order valence-electron chi connectivity index (χ2n) is 10.1. The minimum atomic E-state index is 0.689. The summed E-state index contributed by atoms with van der Waals surface area (Å²) in [4.78, 5) is 9.78. The van der Waals surface area contributed by atoms with Crippen LogP contribution < -0.4 is 0 Å². The van der Waals surface area contributed by atoms with Crippen LogP contribution >= 0.6 is 0 Å². The second kappa shape index (κ2) is 14.7. The third kappa shape index (κ3) is 11.7. The van der Waals surface area contributed by atoms with E-state index >= 15 is 0 Å². The van der Waals surface area contributed by atoms with Crippen molar-refractivity contribution in [2.45, 2.75) is 66.5 Å². The van der Waals surface area contributed by atoms with Gasteiger partial charge in [-0.2, -0.15) is 0 Å². The van der Waals surface area contributed by atoms with Crippen LogP contribution in [0.4, 0.5) is 0 Å². The van der Waals surface area contributed by atoms with E-state index in [2.05, 4.69) is 75.2 Å². The minimum absolute atomic E-state index is 0.689. The Morgan fingerprint density at radius 3 is 1.38 bits per heavy atom. The quantitative estimate of drug-likeness (QED) is 0.707. The predicted molar refractivity (Wildman–Crippen MR) is 127 cm³/mol. The smallest absolute Gasteiger partial charge is 0.0594 e. The molecule has 0 spiro atoms. The van der Waals surface area contributed by atoms with Crippen molar-refractivity contribution in [3.8, 4) is 0 Å². The molecule has 0 aromatic carbocycles. The highest BCUT2D eigenvalue weighted by Gasteiger charge is 2.18. The van der Waals surface area contributed by atoms with Crippen LogP contribution in [0.3, 0.4) is 0 Å². The van der Waals surface area contributed by atoms with E-state index in [-0.39, 0.29) is 0 Å². The van der Waals surface area contributed by atoms with Crippen molar-refractivity contribution in [1.82, 2.24) is 19.6 Å². The maximum Gasteiger partial charge on any atom is 0.0594 e. The maximum atomic E-state index is 5.21. The van der Waals surface area contributed by atoms with E-state index in [9.17, 15) is 0 Å². The number of ether oxygens (including phenoxy) is 1. The van der Waals surface area contributed by atoms with Crippen LogP contribution in [-0.4, -0.2) is 111 Å². The Labute approximate surface area is 182 Å². The molecule has 0 aromatic heterocycles. The van der Waals surface area contributed by atoms with Crippen LogP contribution in [0, 0.1) is 11.8 Å². The lowest BCUT2D eigenvalue weighted by molar-refractivity contribution is 0.0238. The first-order valence-electron chi connectivity index (χ1n) is 12.1. The topological polar surface area (TPSA) is 22.2 Å². The van der Waals surface area contributed by atoms with Crippen molar-refractivity contribution in [2.24, 2.45) is 11.8 Å². The van der Waals surface area contributed by atoms with Gasteiger partial charge in [0.2, 0.25) is 0 Å². The fraction of sp³-hybridized carbons (Fsp3) is 1.00. The lowest BCUT2D eigenvalue weighted by Gasteiger charge is -2.34. The highest BCUT2D eigenvalue weighted by Crippen LogP contribution is 2.23. The van der Waals surface area contributed by atoms with E-state index < -0.39 is 0 Å². The Bertz CT molecular complexity index is 354. The van der Waals surface area contributed by atoms with Crippen molar-refractivity contribution in [3.05, 3.63) is 0 Å². The average molecular weight is 413 g/mol. The first-order chi connectivity index (χ1) is 13.7. The predicted octanol–water partition coefficient (Wildman–Crippen LogP) is 3.35. The number of hydrogen-bond acceptors (Lipinski definition) is 5. The van der Waals surface area contributed by atoms with Crippen molar-refractivity contribution in [2.75, 3.05) is 79.7 Å². The Kier molecular flexibility index (Phi) is 13.6. The minimum Gasteiger partial charge on any atom is -0.379 e. The van der Waals surface area contributed by atoms with Crippen LogP contribution in [0.5, 0.6) is 0 Å². The van der Waals surface area contributed by atoms with Crippen LogP contribution in [-0.2, 0) is 4.74 Å². The molecule has 0 bridgehead atoms. The van der Waals surface area contributed by atoms with Gasteiger partial charge in [0.1, 0.15) is 0 Å². The zero-order valence-corrected chi connectivity index (χ0v) is 21.0. The van der Waals surface area contributed by atoms with Gasteiger partial charge in [-0.05, 0) is 79.6 Å². The molecule has 0 saturated carbocycles. The molecule has 0 radical (unpaired) electrons. The van der Waals surface area contributed by atoms with Gasteiger partial charge in [-0.3, -0.25) is 9.80 Å². The summed E-state index contributed by atoms with van der Waals surface area (Å²) < 4.78 is 5.21. The van der Waals surface area contributed by atoms with Crippen LogP contribution in [0.25, 0.3) is 0 Å². The highest BCUT2D eigenvalue weighted by atomic mass is 16.5. The number of likely N-dealkylation sites (N-methyl/N-ethyl adjacent to an activating group) is 1. The highest BCUT2D eigenvalue weighted by molar-refractivity contribution is 4.72. The van der Waals surface area contributed by atoms with Crippen molar-refractivity contribution >= 4 is 0 Å². The van der Waals surface area contributed by atoms with Crippen LogP contribution in [0.1, 0.15) is 54.4 Å². The molecule has 0 unspecified atom stereocenters. The first-order valence-corrected chi connectivity index (χ1v) is 12.1. The fourth-order valence-electron chi connectivity index (χ4n) is 4.13. The van der Waals surface area contributed by atoms with Gasteiger partial charge in [0.15, 0.2) is 0 Å². The average Bonchev–Trinajstić information content (AvgIpc) is 2.70. The van der Waals surface area contributed by atoms with Crippen molar-refractivity contribution < 1.29 is 4.74 Å². The Hall–Kier alpha value is -0.200. The zero-order valence-electron chi connectivity index (χ0n) is 21.0. The van der Waals surface area contributed by atoms with Gasteiger partial charge in [-0.1, -0.05) is 13.8 Å². The van der Waals surface area contributed by atoms with Gasteiger partial charge in [0.25, 0.3) is 0 Å². The van der Waals surface area contributed by atoms with Gasteiger partial charge in [-0.15, -0.1) is 0 Å². The number of morpholine rings is 1. The number of rotatable bonds is 3. The molecule has 3 saturated heterocycles. The lowest BCUT2D eigenvalue weighted by Crippen LogP contribution is -2.47. The zero-order chi connectivity index (χ0) is 21.8. The van der Waals surface area contributed by atoms with Gasteiger partial charge in [0.05, 0.1) is 13.2 Å². The van der Waals surface area contributed by atoms with Crippen molar-refractivity contribution in [3.63, 3.8) is 0 Å². The van der Waals surface area contributed by atoms with E-state index in [0.29, 0.717) is 6.04 Å². The maximum absolute atomic E-state index is 5.21. The SMILES string of the molecule is CC(C)C1CCN(C)CC1.CC(C)N1CCN(C)CC1.CC(C)N1CCOCC1. The van der Waals surface area contributed by atoms with E-state index in [0.717, 1.165) is 44.2 Å². The molecule has 0 atom stereocenters. The molecule has 0 amide bonds. The standard InChI is InChI=1S/C9H19N.C8H18N2.C7H15NO/c1-8(2)9-4-6-10(3)7-5-9;1-8(2)10-6-4-9(3)5-7-10;1-7(2)8-3-5-9-6-4-8/h8-9H,4-7H2,1-3H3;8H,4-7H2,1-3H3;7H,3-6H2,1-2H3. The molecule has 3 fully saturated rings. The summed E-state index contributed by atoms with van der Waals surface area (Å²) in [6.45, 7) is 25.3. The summed E-state index contributed by atoms with van der Waals surface area (Å²) in [6.07, 6.45) is 2.82. The molecule has 174 valence electrons. The van der Waals surface area contributed by atoms with E-state index in [1.165, 1.54) is 52.1 Å². The molecule has 3 heterocycles. The molecule has 0 aromatic rings. The number of piperidine rings is 1. The van der Waals surface area contributed by atoms with Gasteiger partial charge in [0, 0.05) is 51.4 Å². The van der Waals surface area contributed by atoms with Crippen LogP contribution in [0.2, 0.25) is 0 Å². The molecular weight excluding hydrogens is 360 g/mol. The molecule has 29 heavy (non-hydrogen) atoms. The Morgan fingerprint density at radius 1 is 0.586 bits per heavy atom. The molecule has 5 heteroatoms. The van der Waals surface area contributed by atoms with E-state index in [1.807, 2.05) is 0 Å². The normalized spacial score (nSPS) is 23.7. The summed E-state index contributed by atoms with van der Waals surface area (Å²) in [7, 11) is 4.41. The fourth-order valence-corrected chi connectivity index (χ4v) is 4.13. The molecule has 0 N–H and O–H groups in total. The largest absolute Gasteiger partial charge is 0.379 e. The Balaban J connectivity index is 0.000000218. The van der Waals surface area contributed by atoms with Gasteiger partial charge < -0.3 is 14.5 Å². The summed E-state index contributed by atoms with van der Waals surface area (Å²) in [5.74, 6) is 1.89. The van der Waals surface area contributed by atoms with E-state index in [1.54, 1.807) is 0 Å². The third-order valence-corrected chi connectivity index (χ3v) is 6.75. The summed E-state index contributed by atoms with van der Waals surface area (Å²) >= 11 is 0. The Morgan fingerprint density at radius 2 is 1.00 bits per heavy atom. The number of hydrogen-bond donors (Lipinski definition) is 0. The molecule has 3 aliphatic heterocycles. The molecule has 3 rings (SSSR count). The number of piperazine rings is 1. The van der Waals surface area contributed by atoms with Gasteiger partial charge in [-0.25, -0.2) is 0 Å². The monoisotopic (exact) mass is 412 g/mol. The number of nitrogens with zero attached hydrogens (tertiary/aromatic N) is 4. The van der Waals surface area contributed by atoms with Crippen LogP contribution in [0.15, 0.2) is 0 Å². The lowest BCUT2D eigenvalue weighted by atomic mass is 9.87. The molecular formula is C24H52N4O. The molecule has 5 nitrogen and oxygen atoms in total. The number of likely N-dealkylation sites (tertiary alicyclic amines) is 1. The summed E-state index contributed by atoms with van der Waals surface area (Å²) in [5, 5.41) is 0. The summed E-state index contributed by atoms with van der Waals surface area (Å²) in [6, 6.07) is 1.42. The van der Waals surface area contributed by atoms with Crippen molar-refractivity contribution in [1.29, 1.82) is 0 Å². The van der Waals surface area contributed by atoms with Gasteiger partial charge >= 0.3 is 0 Å². The molecule has 0 aliphatic carbocycles. The summed E-state index contributed by atoms with van der Waals surface area (Å²) in [5.41, 5.74) is 0. The third-order valence-electron chi connectivity index (χ3n) is 6.75. The molecule has 3 aliphatic rings.